The molecule has 0 N–H and O–H groups in total. The fourth-order valence-corrected chi connectivity index (χ4v) is 3.20. The van der Waals surface area contributed by atoms with Crippen LogP contribution in [-0.2, 0) is 4.79 Å². The van der Waals surface area contributed by atoms with Crippen molar-refractivity contribution in [3.63, 3.8) is 0 Å². The highest BCUT2D eigenvalue weighted by Crippen LogP contribution is 2.32. The van der Waals surface area contributed by atoms with Crippen molar-refractivity contribution in [3.8, 4) is 0 Å². The Labute approximate surface area is 69.7 Å². The highest BCUT2D eigenvalue weighted by molar-refractivity contribution is 8.76. The fraction of sp³-hybridized carbons (Fsp3) is 0.857. The van der Waals surface area contributed by atoms with Gasteiger partial charge in [0.2, 0.25) is 0 Å². The van der Waals surface area contributed by atoms with E-state index >= 15 is 0 Å². The molecule has 58 valence electrons. The van der Waals surface area contributed by atoms with Gasteiger partial charge in [0.25, 0.3) is 0 Å². The zero-order valence-corrected chi connectivity index (χ0v) is 7.76. The third-order valence-corrected chi connectivity index (χ3v) is 3.91. The van der Waals surface area contributed by atoms with Crippen molar-refractivity contribution in [2.45, 2.75) is 30.9 Å². The second-order valence-electron chi connectivity index (χ2n) is 2.46. The van der Waals surface area contributed by atoms with E-state index in [1.165, 1.54) is 6.42 Å². The molecule has 1 aliphatic carbocycles. The quantitative estimate of drug-likeness (QED) is 0.602. The first-order valence-corrected chi connectivity index (χ1v) is 6.19. The second kappa shape index (κ2) is 4.29. The summed E-state index contributed by atoms with van der Waals surface area (Å²) in [5, 5.41) is 0.309. The fourth-order valence-electron chi connectivity index (χ4n) is 1.17. The van der Waals surface area contributed by atoms with Gasteiger partial charge in [-0.1, -0.05) is 28.0 Å². The van der Waals surface area contributed by atoms with E-state index < -0.39 is 0 Å². The van der Waals surface area contributed by atoms with Crippen molar-refractivity contribution in [1.29, 1.82) is 0 Å². The van der Waals surface area contributed by atoms with Gasteiger partial charge >= 0.3 is 0 Å². The third-order valence-electron chi connectivity index (χ3n) is 1.71. The van der Waals surface area contributed by atoms with Crippen LogP contribution in [0.4, 0.5) is 0 Å². The van der Waals surface area contributed by atoms with Gasteiger partial charge in [0, 0.05) is 6.42 Å². The molecule has 1 rings (SSSR count). The first-order valence-electron chi connectivity index (χ1n) is 3.57. The summed E-state index contributed by atoms with van der Waals surface area (Å²) in [4.78, 5) is 11.2. The summed E-state index contributed by atoms with van der Waals surface area (Å²) < 4.78 is 0. The van der Waals surface area contributed by atoms with E-state index in [0.717, 1.165) is 19.3 Å². The highest BCUT2D eigenvalue weighted by atomic mass is 33.1. The van der Waals surface area contributed by atoms with Gasteiger partial charge in [0.15, 0.2) is 0 Å². The maximum Gasteiger partial charge on any atom is 0.146 e. The Balaban J connectivity index is 2.32. The van der Waals surface area contributed by atoms with Crippen LogP contribution < -0.4 is 0 Å². The molecular formula is C7H12OS2. The number of carbonyl (C=O) groups excluding carboxylic acids is 1. The molecule has 0 aromatic heterocycles. The van der Waals surface area contributed by atoms with E-state index in [9.17, 15) is 4.79 Å². The number of hydrogen-bond donors (Lipinski definition) is 0. The van der Waals surface area contributed by atoms with Crippen molar-refractivity contribution < 1.29 is 4.79 Å². The minimum absolute atomic E-state index is 0.309. The Hall–Kier alpha value is 0.370. The minimum Gasteiger partial charge on any atom is -0.298 e. The normalized spacial score (nSPS) is 26.9. The molecule has 0 aromatic carbocycles. The lowest BCUT2D eigenvalue weighted by atomic mass is 9.99. The van der Waals surface area contributed by atoms with Crippen LogP contribution in [0.1, 0.15) is 25.7 Å². The molecule has 10 heavy (non-hydrogen) atoms. The third kappa shape index (κ3) is 2.20. The van der Waals surface area contributed by atoms with E-state index in [1.54, 1.807) is 21.6 Å². The van der Waals surface area contributed by atoms with E-state index in [-0.39, 0.29) is 0 Å². The molecular weight excluding hydrogens is 164 g/mol. The summed E-state index contributed by atoms with van der Waals surface area (Å²) >= 11 is 0. The molecule has 0 spiro atoms. The first-order chi connectivity index (χ1) is 4.84. The molecule has 1 saturated carbocycles. The van der Waals surface area contributed by atoms with Crippen LogP contribution in [0.25, 0.3) is 0 Å². The van der Waals surface area contributed by atoms with Crippen LogP contribution in [0.3, 0.4) is 0 Å². The average Bonchev–Trinajstić information content (AvgIpc) is 1.94. The summed E-state index contributed by atoms with van der Waals surface area (Å²) in [6, 6.07) is 0. The van der Waals surface area contributed by atoms with Gasteiger partial charge in [-0.3, -0.25) is 4.79 Å². The Bertz CT molecular complexity index is 123. The molecule has 3 heteroatoms. The summed E-state index contributed by atoms with van der Waals surface area (Å²) in [6.07, 6.45) is 6.31. The van der Waals surface area contributed by atoms with E-state index in [0.29, 0.717) is 11.0 Å². The highest BCUT2D eigenvalue weighted by Gasteiger charge is 2.21. The van der Waals surface area contributed by atoms with Gasteiger partial charge in [-0.05, 0) is 19.1 Å². The van der Waals surface area contributed by atoms with Crippen LogP contribution in [0.5, 0.6) is 0 Å². The number of rotatable bonds is 2. The summed E-state index contributed by atoms with van der Waals surface area (Å²) in [7, 11) is 3.44. The molecule has 1 atom stereocenters. The summed E-state index contributed by atoms with van der Waals surface area (Å²) in [5.74, 6) is 0.464. The number of hydrogen-bond acceptors (Lipinski definition) is 3. The maximum atomic E-state index is 11.2. The van der Waals surface area contributed by atoms with Crippen LogP contribution >= 0.6 is 21.6 Å². The SMILES string of the molecule is CSSC1CCCCC1=O. The lowest BCUT2D eigenvalue weighted by molar-refractivity contribution is -0.119. The molecule has 1 aliphatic rings. The standard InChI is InChI=1S/C7H12OS2/c1-9-10-7-5-3-2-4-6(7)8/h7H,2-5H2,1H3. The Morgan fingerprint density at radius 3 is 2.90 bits per heavy atom. The molecule has 1 unspecified atom stereocenters. The van der Waals surface area contributed by atoms with Crippen molar-refractivity contribution >= 4 is 27.4 Å². The Morgan fingerprint density at radius 2 is 2.30 bits per heavy atom. The zero-order valence-electron chi connectivity index (χ0n) is 6.13. The van der Waals surface area contributed by atoms with Crippen molar-refractivity contribution in [2.75, 3.05) is 6.26 Å². The maximum absolute atomic E-state index is 11.2. The van der Waals surface area contributed by atoms with E-state index in [1.807, 2.05) is 6.26 Å². The topological polar surface area (TPSA) is 17.1 Å². The van der Waals surface area contributed by atoms with E-state index in [4.69, 9.17) is 0 Å². The van der Waals surface area contributed by atoms with Gasteiger partial charge in [-0.2, -0.15) is 0 Å². The predicted octanol–water partition coefficient (Wildman–Crippen LogP) is 2.51. The van der Waals surface area contributed by atoms with Crippen LogP contribution in [0.15, 0.2) is 0 Å². The predicted molar refractivity (Wildman–Crippen MR) is 48.4 cm³/mol. The Morgan fingerprint density at radius 1 is 1.50 bits per heavy atom. The number of carbonyl (C=O) groups is 1. The summed E-state index contributed by atoms with van der Waals surface area (Å²) in [6.45, 7) is 0. The molecule has 0 amide bonds. The lowest BCUT2D eigenvalue weighted by Gasteiger charge is -2.17. The lowest BCUT2D eigenvalue weighted by Crippen LogP contribution is -2.20. The molecule has 0 aliphatic heterocycles. The van der Waals surface area contributed by atoms with Gasteiger partial charge in [-0.25, -0.2) is 0 Å². The van der Waals surface area contributed by atoms with Gasteiger partial charge in [0.05, 0.1) is 5.25 Å². The molecule has 0 saturated heterocycles. The molecule has 0 aromatic rings. The number of Topliss-reactive ketones (excluding diaryl/α,β-unsaturated/α-hetero) is 1. The van der Waals surface area contributed by atoms with Crippen molar-refractivity contribution in [1.82, 2.24) is 0 Å². The molecule has 1 fully saturated rings. The van der Waals surface area contributed by atoms with Crippen LogP contribution in [0.2, 0.25) is 0 Å². The molecule has 0 heterocycles. The average molecular weight is 176 g/mol. The van der Waals surface area contributed by atoms with Crippen molar-refractivity contribution in [3.05, 3.63) is 0 Å². The van der Waals surface area contributed by atoms with Crippen LogP contribution in [-0.4, -0.2) is 17.3 Å². The zero-order chi connectivity index (χ0) is 7.40. The largest absolute Gasteiger partial charge is 0.298 e. The smallest absolute Gasteiger partial charge is 0.146 e. The van der Waals surface area contributed by atoms with Gasteiger partial charge in [0.1, 0.15) is 5.78 Å². The Kier molecular flexibility index (Phi) is 3.63. The molecule has 1 nitrogen and oxygen atoms in total. The first kappa shape index (κ1) is 8.47. The van der Waals surface area contributed by atoms with Crippen LogP contribution in [0, 0.1) is 0 Å². The van der Waals surface area contributed by atoms with Gasteiger partial charge < -0.3 is 0 Å². The summed E-state index contributed by atoms with van der Waals surface area (Å²) in [5.41, 5.74) is 0. The minimum atomic E-state index is 0.309. The molecule has 0 bridgehead atoms. The van der Waals surface area contributed by atoms with E-state index in [2.05, 4.69) is 0 Å². The molecule has 0 radical (unpaired) electrons. The number of ketones is 1. The second-order valence-corrected chi connectivity index (χ2v) is 5.14. The van der Waals surface area contributed by atoms with Gasteiger partial charge in [-0.15, -0.1) is 0 Å². The monoisotopic (exact) mass is 176 g/mol. The van der Waals surface area contributed by atoms with Crippen molar-refractivity contribution in [2.24, 2.45) is 0 Å².